The summed E-state index contributed by atoms with van der Waals surface area (Å²) in [6.45, 7) is 4.15. The molecule has 1 aromatic heterocycles. The summed E-state index contributed by atoms with van der Waals surface area (Å²) >= 11 is 5.69. The van der Waals surface area contributed by atoms with Crippen molar-refractivity contribution < 1.29 is 4.74 Å². The van der Waals surface area contributed by atoms with Crippen molar-refractivity contribution in [1.29, 1.82) is 0 Å². The lowest BCUT2D eigenvalue weighted by atomic mass is 10.1. The molecule has 0 radical (unpaired) electrons. The predicted octanol–water partition coefficient (Wildman–Crippen LogP) is 2.60. The fourth-order valence-electron chi connectivity index (χ4n) is 1.92. The number of ether oxygens (including phenoxy) is 1. The van der Waals surface area contributed by atoms with Crippen molar-refractivity contribution >= 4 is 11.6 Å². The minimum absolute atomic E-state index is 0.503. The summed E-state index contributed by atoms with van der Waals surface area (Å²) in [5, 5.41) is 0.503. The first-order valence-electron chi connectivity index (χ1n) is 5.81. The van der Waals surface area contributed by atoms with Crippen molar-refractivity contribution in [1.82, 2.24) is 9.88 Å². The van der Waals surface area contributed by atoms with Gasteiger partial charge in [0.05, 0.1) is 6.20 Å². The van der Waals surface area contributed by atoms with Crippen molar-refractivity contribution in [3.05, 3.63) is 23.5 Å². The van der Waals surface area contributed by atoms with Crippen molar-refractivity contribution in [2.24, 2.45) is 0 Å². The number of halogens is 1. The third kappa shape index (κ3) is 3.65. The van der Waals surface area contributed by atoms with Gasteiger partial charge in [0.15, 0.2) is 0 Å². The third-order valence-corrected chi connectivity index (χ3v) is 3.05. The van der Waals surface area contributed by atoms with Gasteiger partial charge in [0.1, 0.15) is 17.5 Å². The number of piperidine rings is 1. The van der Waals surface area contributed by atoms with Crippen LogP contribution in [0, 0.1) is 0 Å². The Morgan fingerprint density at radius 3 is 2.75 bits per heavy atom. The molecule has 0 spiro atoms. The Balaban J connectivity index is 1.69. The van der Waals surface area contributed by atoms with Crippen LogP contribution in [0.25, 0.3) is 0 Å². The van der Waals surface area contributed by atoms with Crippen LogP contribution >= 0.6 is 11.6 Å². The van der Waals surface area contributed by atoms with E-state index in [1.54, 1.807) is 12.3 Å². The number of likely N-dealkylation sites (tertiary alicyclic amines) is 1. The minimum atomic E-state index is 0.503. The molecule has 2 rings (SSSR count). The van der Waals surface area contributed by atoms with Gasteiger partial charge in [-0.3, -0.25) is 4.90 Å². The number of nitrogens with zero attached hydrogens (tertiary/aromatic N) is 2. The predicted molar refractivity (Wildman–Crippen MR) is 65.0 cm³/mol. The van der Waals surface area contributed by atoms with Gasteiger partial charge >= 0.3 is 0 Å². The topological polar surface area (TPSA) is 25.4 Å². The standard InChI is InChI=1S/C12H17ClN2O/c13-12-5-4-11(10-14-12)16-9-8-15-6-2-1-3-7-15/h4-5,10H,1-3,6-9H2. The fraction of sp³-hybridized carbons (Fsp3) is 0.583. The molecule has 0 saturated carbocycles. The third-order valence-electron chi connectivity index (χ3n) is 2.83. The zero-order chi connectivity index (χ0) is 11.2. The van der Waals surface area contributed by atoms with Crippen molar-refractivity contribution in [2.45, 2.75) is 19.3 Å². The van der Waals surface area contributed by atoms with Crippen LogP contribution < -0.4 is 4.74 Å². The van der Waals surface area contributed by atoms with Gasteiger partial charge in [0.2, 0.25) is 0 Å². The summed E-state index contributed by atoms with van der Waals surface area (Å²) in [4.78, 5) is 6.42. The molecule has 0 amide bonds. The number of aromatic nitrogens is 1. The molecule has 2 heterocycles. The van der Waals surface area contributed by atoms with Crippen LogP contribution in [0.4, 0.5) is 0 Å². The summed E-state index contributed by atoms with van der Waals surface area (Å²) in [7, 11) is 0. The number of hydrogen-bond acceptors (Lipinski definition) is 3. The van der Waals surface area contributed by atoms with Gasteiger partial charge < -0.3 is 4.74 Å². The van der Waals surface area contributed by atoms with Gasteiger partial charge in [0, 0.05) is 6.54 Å². The van der Waals surface area contributed by atoms with E-state index < -0.39 is 0 Å². The number of hydrogen-bond donors (Lipinski definition) is 0. The second kappa shape index (κ2) is 6.06. The highest BCUT2D eigenvalue weighted by Gasteiger charge is 2.09. The lowest BCUT2D eigenvalue weighted by Gasteiger charge is -2.26. The van der Waals surface area contributed by atoms with Crippen LogP contribution in [0.5, 0.6) is 5.75 Å². The first-order chi connectivity index (χ1) is 7.84. The van der Waals surface area contributed by atoms with Crippen molar-refractivity contribution in [3.8, 4) is 5.75 Å². The Labute approximate surface area is 101 Å². The molecule has 0 bridgehead atoms. The molecule has 3 nitrogen and oxygen atoms in total. The Hall–Kier alpha value is -0.800. The SMILES string of the molecule is Clc1ccc(OCCN2CCCCC2)cn1. The molecule has 0 N–H and O–H groups in total. The summed E-state index contributed by atoms with van der Waals surface area (Å²) in [6.07, 6.45) is 5.68. The lowest BCUT2D eigenvalue weighted by molar-refractivity contribution is 0.183. The lowest BCUT2D eigenvalue weighted by Crippen LogP contribution is -2.33. The smallest absolute Gasteiger partial charge is 0.137 e. The van der Waals surface area contributed by atoms with E-state index in [1.807, 2.05) is 6.07 Å². The van der Waals surface area contributed by atoms with Crippen LogP contribution in [0.1, 0.15) is 19.3 Å². The molecule has 0 aromatic carbocycles. The fourth-order valence-corrected chi connectivity index (χ4v) is 2.04. The molecule has 88 valence electrons. The highest BCUT2D eigenvalue weighted by molar-refractivity contribution is 6.29. The van der Waals surface area contributed by atoms with E-state index in [2.05, 4.69) is 9.88 Å². The maximum absolute atomic E-state index is 5.69. The molecular weight excluding hydrogens is 224 g/mol. The molecule has 0 atom stereocenters. The Bertz CT molecular complexity index is 309. The van der Waals surface area contributed by atoms with Crippen molar-refractivity contribution in [3.63, 3.8) is 0 Å². The molecule has 4 heteroatoms. The average molecular weight is 241 g/mol. The first-order valence-corrected chi connectivity index (χ1v) is 6.19. The summed E-state index contributed by atoms with van der Waals surface area (Å²) in [6, 6.07) is 3.60. The second-order valence-corrected chi connectivity index (χ2v) is 4.45. The maximum Gasteiger partial charge on any atom is 0.137 e. The molecule has 0 unspecified atom stereocenters. The van der Waals surface area contributed by atoms with Crippen LogP contribution in [0.3, 0.4) is 0 Å². The zero-order valence-electron chi connectivity index (χ0n) is 9.36. The average Bonchev–Trinajstić information content (AvgIpc) is 2.33. The van der Waals surface area contributed by atoms with E-state index >= 15 is 0 Å². The molecule has 1 aliphatic rings. The van der Waals surface area contributed by atoms with E-state index in [0.29, 0.717) is 5.15 Å². The summed E-state index contributed by atoms with van der Waals surface area (Å²) < 4.78 is 5.60. The van der Waals surface area contributed by atoms with Gasteiger partial charge in [-0.25, -0.2) is 4.98 Å². The van der Waals surface area contributed by atoms with Gasteiger partial charge in [0.25, 0.3) is 0 Å². The highest BCUT2D eigenvalue weighted by atomic mass is 35.5. The molecule has 0 aliphatic carbocycles. The normalized spacial score (nSPS) is 17.3. The van der Waals surface area contributed by atoms with Gasteiger partial charge in [-0.2, -0.15) is 0 Å². The Morgan fingerprint density at radius 2 is 2.06 bits per heavy atom. The number of pyridine rings is 1. The van der Waals surface area contributed by atoms with E-state index in [-0.39, 0.29) is 0 Å². The molecule has 1 aromatic rings. The summed E-state index contributed by atoms with van der Waals surface area (Å²) in [5.74, 6) is 0.793. The van der Waals surface area contributed by atoms with Crippen LogP contribution in [-0.4, -0.2) is 36.1 Å². The Kier molecular flexibility index (Phi) is 4.43. The maximum atomic E-state index is 5.69. The van der Waals surface area contributed by atoms with E-state index in [9.17, 15) is 0 Å². The van der Waals surface area contributed by atoms with E-state index in [0.717, 1.165) is 18.9 Å². The quantitative estimate of drug-likeness (QED) is 0.757. The van der Waals surface area contributed by atoms with Gasteiger partial charge in [-0.05, 0) is 38.1 Å². The Morgan fingerprint density at radius 1 is 1.25 bits per heavy atom. The van der Waals surface area contributed by atoms with E-state index in [1.165, 1.54) is 32.4 Å². The van der Waals surface area contributed by atoms with Crippen molar-refractivity contribution in [2.75, 3.05) is 26.2 Å². The molecule has 16 heavy (non-hydrogen) atoms. The monoisotopic (exact) mass is 240 g/mol. The number of rotatable bonds is 4. The van der Waals surface area contributed by atoms with E-state index in [4.69, 9.17) is 16.3 Å². The second-order valence-electron chi connectivity index (χ2n) is 4.07. The first kappa shape index (κ1) is 11.7. The van der Waals surface area contributed by atoms with Crippen LogP contribution in [0.15, 0.2) is 18.3 Å². The molecule has 1 aliphatic heterocycles. The molecule has 1 saturated heterocycles. The molecular formula is C12H17ClN2O. The largest absolute Gasteiger partial charge is 0.491 e. The summed E-state index contributed by atoms with van der Waals surface area (Å²) in [5.41, 5.74) is 0. The zero-order valence-corrected chi connectivity index (χ0v) is 10.1. The van der Waals surface area contributed by atoms with Gasteiger partial charge in [-0.15, -0.1) is 0 Å². The minimum Gasteiger partial charge on any atom is -0.491 e. The van der Waals surface area contributed by atoms with Crippen LogP contribution in [-0.2, 0) is 0 Å². The van der Waals surface area contributed by atoms with Gasteiger partial charge in [-0.1, -0.05) is 18.0 Å². The van der Waals surface area contributed by atoms with Crippen LogP contribution in [0.2, 0.25) is 5.15 Å². The molecule has 1 fully saturated rings. The highest BCUT2D eigenvalue weighted by Crippen LogP contribution is 2.12.